The number of piperidine rings is 1. The van der Waals surface area contributed by atoms with Crippen LogP contribution in [0.2, 0.25) is 0 Å². The van der Waals surface area contributed by atoms with Gasteiger partial charge in [-0.05, 0) is 55.5 Å². The van der Waals surface area contributed by atoms with E-state index < -0.39 is 6.04 Å². The maximum atomic E-state index is 13.0. The highest BCUT2D eigenvalue weighted by atomic mass is 32.1. The number of hydrogen-bond donors (Lipinski definition) is 2. The molecule has 1 fully saturated rings. The molecule has 0 bridgehead atoms. The maximum Gasteiger partial charge on any atom is 0.262 e. The molecule has 2 N–H and O–H groups in total. The second kappa shape index (κ2) is 11.8. The topological polar surface area (TPSA) is 78.5 Å². The van der Waals surface area contributed by atoms with Crippen LogP contribution >= 0.6 is 11.3 Å². The SMILES string of the molecule is CC[C@H](C)NC(=O)[C@@H](NC(=O)c1cccs1)C1CCN(C(=O)CCc2ccccc2)CC1. The van der Waals surface area contributed by atoms with E-state index in [2.05, 4.69) is 10.6 Å². The van der Waals surface area contributed by atoms with Gasteiger partial charge in [0, 0.05) is 25.6 Å². The van der Waals surface area contributed by atoms with Gasteiger partial charge in [0.25, 0.3) is 5.91 Å². The molecular weight excluding hydrogens is 422 g/mol. The molecule has 2 atom stereocenters. The summed E-state index contributed by atoms with van der Waals surface area (Å²) in [6, 6.07) is 13.1. The summed E-state index contributed by atoms with van der Waals surface area (Å²) >= 11 is 1.36. The number of carbonyl (C=O) groups excluding carboxylic acids is 3. The Kier molecular flexibility index (Phi) is 8.85. The Bertz CT molecular complexity index is 877. The maximum absolute atomic E-state index is 13.0. The van der Waals surface area contributed by atoms with Crippen LogP contribution in [0.1, 0.15) is 54.8 Å². The number of nitrogens with zero attached hydrogens (tertiary/aromatic N) is 1. The van der Waals surface area contributed by atoms with Crippen molar-refractivity contribution < 1.29 is 14.4 Å². The number of likely N-dealkylation sites (tertiary alicyclic amines) is 1. The van der Waals surface area contributed by atoms with Crippen molar-refractivity contribution in [2.75, 3.05) is 13.1 Å². The third kappa shape index (κ3) is 6.66. The molecule has 1 aromatic carbocycles. The first kappa shape index (κ1) is 24.0. The number of thiophene rings is 1. The Morgan fingerprint density at radius 2 is 1.78 bits per heavy atom. The minimum Gasteiger partial charge on any atom is -0.352 e. The van der Waals surface area contributed by atoms with E-state index in [0.717, 1.165) is 18.4 Å². The lowest BCUT2D eigenvalue weighted by Crippen LogP contribution is -2.55. The minimum atomic E-state index is -0.597. The standard InChI is InChI=1S/C25H33N3O3S/c1-3-18(2)26-25(31)23(27-24(30)21-10-7-17-32-21)20-13-15-28(16-14-20)22(29)12-11-19-8-5-4-6-9-19/h4-10,17-18,20,23H,3,11-16H2,1-2H3,(H,26,31)(H,27,30)/t18-,23-/m0/s1. The zero-order valence-electron chi connectivity index (χ0n) is 18.9. The largest absolute Gasteiger partial charge is 0.352 e. The Balaban J connectivity index is 1.57. The van der Waals surface area contributed by atoms with Crippen molar-refractivity contribution in [3.05, 3.63) is 58.3 Å². The first-order valence-corrected chi connectivity index (χ1v) is 12.3. The summed E-state index contributed by atoms with van der Waals surface area (Å²) in [5.41, 5.74) is 1.16. The third-order valence-electron chi connectivity index (χ3n) is 6.15. The Morgan fingerprint density at radius 3 is 2.41 bits per heavy atom. The van der Waals surface area contributed by atoms with Crippen molar-refractivity contribution in [1.82, 2.24) is 15.5 Å². The van der Waals surface area contributed by atoms with Gasteiger partial charge >= 0.3 is 0 Å². The smallest absolute Gasteiger partial charge is 0.262 e. The molecule has 3 amide bonds. The zero-order chi connectivity index (χ0) is 22.9. The molecule has 1 aliphatic heterocycles. The first-order valence-electron chi connectivity index (χ1n) is 11.4. The average Bonchev–Trinajstić information content (AvgIpc) is 3.36. The fourth-order valence-electron chi connectivity index (χ4n) is 3.99. The highest BCUT2D eigenvalue weighted by Gasteiger charge is 2.34. The third-order valence-corrected chi connectivity index (χ3v) is 7.02. The van der Waals surface area contributed by atoms with Gasteiger partial charge in [-0.2, -0.15) is 0 Å². The number of carbonyl (C=O) groups is 3. The molecule has 1 aliphatic rings. The van der Waals surface area contributed by atoms with Gasteiger partial charge in [0.05, 0.1) is 4.88 Å². The second-order valence-electron chi connectivity index (χ2n) is 8.45. The summed E-state index contributed by atoms with van der Waals surface area (Å²) in [4.78, 5) is 40.8. The molecule has 0 saturated carbocycles. The number of benzene rings is 1. The molecule has 32 heavy (non-hydrogen) atoms. The molecular formula is C25H33N3O3S. The highest BCUT2D eigenvalue weighted by molar-refractivity contribution is 7.12. The lowest BCUT2D eigenvalue weighted by atomic mass is 9.88. The van der Waals surface area contributed by atoms with Crippen LogP contribution in [0.4, 0.5) is 0 Å². The molecule has 172 valence electrons. The molecule has 1 saturated heterocycles. The zero-order valence-corrected chi connectivity index (χ0v) is 19.7. The predicted octanol–water partition coefficient (Wildman–Crippen LogP) is 3.63. The molecule has 0 unspecified atom stereocenters. The van der Waals surface area contributed by atoms with Crippen molar-refractivity contribution in [1.29, 1.82) is 0 Å². The number of hydrogen-bond acceptors (Lipinski definition) is 4. The monoisotopic (exact) mass is 455 g/mol. The Morgan fingerprint density at radius 1 is 1.06 bits per heavy atom. The first-order chi connectivity index (χ1) is 15.5. The van der Waals surface area contributed by atoms with Crippen molar-refractivity contribution in [2.24, 2.45) is 5.92 Å². The summed E-state index contributed by atoms with van der Waals surface area (Å²) in [5, 5.41) is 7.83. The van der Waals surface area contributed by atoms with Crippen molar-refractivity contribution in [3.63, 3.8) is 0 Å². The second-order valence-corrected chi connectivity index (χ2v) is 9.40. The fourth-order valence-corrected chi connectivity index (χ4v) is 4.62. The fraction of sp³-hybridized carbons (Fsp3) is 0.480. The van der Waals surface area contributed by atoms with Crippen molar-refractivity contribution >= 4 is 29.1 Å². The van der Waals surface area contributed by atoms with Crippen molar-refractivity contribution in [2.45, 2.75) is 58.0 Å². The molecule has 3 rings (SSSR count). The molecule has 6 nitrogen and oxygen atoms in total. The van der Waals surface area contributed by atoms with E-state index in [1.807, 2.05) is 60.5 Å². The van der Waals surface area contributed by atoms with Gasteiger partial charge in [-0.15, -0.1) is 11.3 Å². The van der Waals surface area contributed by atoms with Crippen LogP contribution in [0, 0.1) is 5.92 Å². The lowest BCUT2D eigenvalue weighted by molar-refractivity contribution is -0.133. The van der Waals surface area contributed by atoms with Gasteiger partial charge in [0.15, 0.2) is 0 Å². The molecule has 7 heteroatoms. The van der Waals surface area contributed by atoms with Gasteiger partial charge < -0.3 is 15.5 Å². The number of rotatable bonds is 9. The van der Waals surface area contributed by atoms with Crippen LogP contribution in [-0.4, -0.2) is 47.8 Å². The van der Waals surface area contributed by atoms with E-state index in [4.69, 9.17) is 0 Å². The lowest BCUT2D eigenvalue weighted by Gasteiger charge is -2.36. The van der Waals surface area contributed by atoms with E-state index in [9.17, 15) is 14.4 Å². The number of nitrogens with one attached hydrogen (secondary N) is 2. The Hall–Kier alpha value is -2.67. The van der Waals surface area contributed by atoms with E-state index in [-0.39, 0.29) is 29.7 Å². The molecule has 0 spiro atoms. The average molecular weight is 456 g/mol. The molecule has 0 aliphatic carbocycles. The molecule has 0 radical (unpaired) electrons. The minimum absolute atomic E-state index is 0.00106. The van der Waals surface area contributed by atoms with Crippen molar-refractivity contribution in [3.8, 4) is 0 Å². The van der Waals surface area contributed by atoms with E-state index >= 15 is 0 Å². The highest BCUT2D eigenvalue weighted by Crippen LogP contribution is 2.23. The molecule has 1 aromatic heterocycles. The van der Waals surface area contributed by atoms with Gasteiger partial charge in [-0.1, -0.05) is 43.3 Å². The van der Waals surface area contributed by atoms with Crippen LogP contribution in [0.3, 0.4) is 0 Å². The summed E-state index contributed by atoms with van der Waals surface area (Å²) < 4.78 is 0. The normalized spacial score (nSPS) is 16.2. The van der Waals surface area contributed by atoms with Crippen LogP contribution in [0.25, 0.3) is 0 Å². The van der Waals surface area contributed by atoms with E-state index in [0.29, 0.717) is 37.2 Å². The summed E-state index contributed by atoms with van der Waals surface area (Å²) in [6.07, 6.45) is 3.44. The van der Waals surface area contributed by atoms with Gasteiger partial charge in [0.2, 0.25) is 11.8 Å². The van der Waals surface area contributed by atoms with E-state index in [1.54, 1.807) is 6.07 Å². The summed E-state index contributed by atoms with van der Waals surface area (Å²) in [6.45, 7) is 5.20. The number of aryl methyl sites for hydroxylation is 1. The molecule has 2 aromatic rings. The van der Waals surface area contributed by atoms with Crippen LogP contribution in [0.15, 0.2) is 47.8 Å². The van der Waals surface area contributed by atoms with Crippen LogP contribution < -0.4 is 10.6 Å². The summed E-state index contributed by atoms with van der Waals surface area (Å²) in [7, 11) is 0. The Labute approximate surface area is 194 Å². The quantitative estimate of drug-likeness (QED) is 0.606. The molecule has 2 heterocycles. The summed E-state index contributed by atoms with van der Waals surface area (Å²) in [5.74, 6) is -0.208. The van der Waals surface area contributed by atoms with E-state index in [1.165, 1.54) is 11.3 Å². The van der Waals surface area contributed by atoms with Crippen LogP contribution in [-0.2, 0) is 16.0 Å². The number of amides is 3. The van der Waals surface area contributed by atoms with Gasteiger partial charge in [-0.25, -0.2) is 0 Å². The predicted molar refractivity (Wildman–Crippen MR) is 128 cm³/mol. The van der Waals surface area contributed by atoms with Gasteiger partial charge in [0.1, 0.15) is 6.04 Å². The van der Waals surface area contributed by atoms with Gasteiger partial charge in [-0.3, -0.25) is 14.4 Å². The van der Waals surface area contributed by atoms with Crippen LogP contribution in [0.5, 0.6) is 0 Å².